The summed E-state index contributed by atoms with van der Waals surface area (Å²) in [6.07, 6.45) is -0.0570. The van der Waals surface area contributed by atoms with Gasteiger partial charge in [0.2, 0.25) is 5.78 Å². The van der Waals surface area contributed by atoms with Gasteiger partial charge in [-0.25, -0.2) is 0 Å². The molecule has 1 atom stereocenters. The minimum Gasteiger partial charge on any atom is -0.496 e. The number of benzene rings is 2. The summed E-state index contributed by atoms with van der Waals surface area (Å²) < 4.78 is 10.2. The van der Waals surface area contributed by atoms with E-state index in [4.69, 9.17) is 9.47 Å². The van der Waals surface area contributed by atoms with Crippen LogP contribution >= 0.6 is 0 Å². The van der Waals surface area contributed by atoms with Crippen molar-refractivity contribution in [2.45, 2.75) is 26.4 Å². The number of ether oxygens (including phenoxy) is 2. The third kappa shape index (κ3) is 5.41. The largest absolute Gasteiger partial charge is 0.496 e. The van der Waals surface area contributed by atoms with E-state index in [1.165, 1.54) is 14.0 Å². The van der Waals surface area contributed by atoms with E-state index < -0.39 is 18.0 Å². The second kappa shape index (κ2) is 9.52. The van der Waals surface area contributed by atoms with Crippen molar-refractivity contribution in [3.8, 4) is 5.75 Å². The molecule has 27 heavy (non-hydrogen) atoms. The number of esters is 1. The fourth-order valence-corrected chi connectivity index (χ4v) is 2.51. The van der Waals surface area contributed by atoms with Crippen LogP contribution in [-0.4, -0.2) is 37.4 Å². The molecule has 0 fully saturated rings. The zero-order valence-corrected chi connectivity index (χ0v) is 15.7. The van der Waals surface area contributed by atoms with Crippen LogP contribution in [0.3, 0.4) is 0 Å². The number of carbonyl (C=O) groups is 3. The van der Waals surface area contributed by atoms with Crippen molar-refractivity contribution in [1.29, 1.82) is 0 Å². The first-order valence-electron chi connectivity index (χ1n) is 8.70. The highest BCUT2D eigenvalue weighted by atomic mass is 16.5. The first kappa shape index (κ1) is 20.2. The molecule has 0 bridgehead atoms. The van der Waals surface area contributed by atoms with Crippen LogP contribution in [0.15, 0.2) is 48.5 Å². The zero-order chi connectivity index (χ0) is 19.8. The van der Waals surface area contributed by atoms with Crippen LogP contribution in [0.25, 0.3) is 0 Å². The molecule has 0 saturated carbocycles. The highest BCUT2D eigenvalue weighted by Gasteiger charge is 2.20. The van der Waals surface area contributed by atoms with E-state index in [2.05, 4.69) is 5.32 Å². The minimum absolute atomic E-state index is 0.290. The molecule has 0 saturated heterocycles. The lowest BCUT2D eigenvalue weighted by molar-refractivity contribution is -0.145. The Kier molecular flexibility index (Phi) is 7.11. The van der Waals surface area contributed by atoms with Crippen molar-refractivity contribution in [1.82, 2.24) is 5.32 Å². The summed E-state index contributed by atoms with van der Waals surface area (Å²) in [6.45, 7) is 3.19. The number of aryl methyl sites for hydroxylation is 1. The van der Waals surface area contributed by atoms with E-state index in [0.29, 0.717) is 16.9 Å². The molecule has 2 aromatic rings. The molecular weight excluding hydrogens is 346 g/mol. The van der Waals surface area contributed by atoms with Gasteiger partial charge in [-0.15, -0.1) is 0 Å². The molecule has 0 aromatic heterocycles. The molecule has 142 valence electrons. The Labute approximate surface area is 158 Å². The molecule has 0 heterocycles. The SMILES string of the molecule is CCc1ccc(C(=O)C(C)OC(=O)CNC(=O)c2ccccc2OC)cc1. The van der Waals surface area contributed by atoms with Crippen LogP contribution in [0.5, 0.6) is 5.75 Å². The number of para-hydroxylation sites is 1. The lowest BCUT2D eigenvalue weighted by atomic mass is 10.0. The maximum atomic E-state index is 12.3. The molecule has 2 aromatic carbocycles. The number of ketones is 1. The highest BCUT2D eigenvalue weighted by molar-refractivity contribution is 6.01. The fraction of sp³-hybridized carbons (Fsp3) is 0.286. The second-order valence-electron chi connectivity index (χ2n) is 5.93. The lowest BCUT2D eigenvalue weighted by Gasteiger charge is -2.13. The monoisotopic (exact) mass is 369 g/mol. The van der Waals surface area contributed by atoms with Crippen molar-refractivity contribution in [3.05, 3.63) is 65.2 Å². The van der Waals surface area contributed by atoms with Crippen molar-refractivity contribution >= 4 is 17.7 Å². The van der Waals surface area contributed by atoms with Crippen LogP contribution in [0.4, 0.5) is 0 Å². The molecule has 1 unspecified atom stereocenters. The smallest absolute Gasteiger partial charge is 0.326 e. The maximum Gasteiger partial charge on any atom is 0.326 e. The van der Waals surface area contributed by atoms with Crippen molar-refractivity contribution in [3.63, 3.8) is 0 Å². The number of Topliss-reactive ketones (excluding diaryl/α,β-unsaturated/α-hetero) is 1. The molecule has 0 aliphatic rings. The second-order valence-corrected chi connectivity index (χ2v) is 5.93. The average molecular weight is 369 g/mol. The topological polar surface area (TPSA) is 81.7 Å². The summed E-state index contributed by atoms with van der Waals surface area (Å²) in [7, 11) is 1.46. The highest BCUT2D eigenvalue weighted by Crippen LogP contribution is 2.16. The van der Waals surface area contributed by atoms with Crippen LogP contribution in [0.1, 0.15) is 40.1 Å². The number of hydrogen-bond acceptors (Lipinski definition) is 5. The summed E-state index contributed by atoms with van der Waals surface area (Å²) in [4.78, 5) is 36.5. The Morgan fingerprint density at radius 1 is 1.04 bits per heavy atom. The molecule has 1 N–H and O–H groups in total. The number of hydrogen-bond donors (Lipinski definition) is 1. The fourth-order valence-electron chi connectivity index (χ4n) is 2.51. The third-order valence-corrected chi connectivity index (χ3v) is 4.07. The number of methoxy groups -OCH3 is 1. The third-order valence-electron chi connectivity index (χ3n) is 4.07. The van der Waals surface area contributed by atoms with E-state index in [1.54, 1.807) is 36.4 Å². The normalized spacial score (nSPS) is 11.4. The predicted molar refractivity (Wildman–Crippen MR) is 101 cm³/mol. The van der Waals surface area contributed by atoms with E-state index in [-0.39, 0.29) is 12.3 Å². The first-order valence-corrected chi connectivity index (χ1v) is 8.70. The average Bonchev–Trinajstić information content (AvgIpc) is 2.71. The number of rotatable bonds is 8. The van der Waals surface area contributed by atoms with Crippen molar-refractivity contribution in [2.24, 2.45) is 0 Å². The van der Waals surface area contributed by atoms with Crippen LogP contribution in [0.2, 0.25) is 0 Å². The maximum absolute atomic E-state index is 12.3. The van der Waals surface area contributed by atoms with Crippen LogP contribution in [-0.2, 0) is 16.0 Å². The Hall–Kier alpha value is -3.15. The van der Waals surface area contributed by atoms with Gasteiger partial charge < -0.3 is 14.8 Å². The van der Waals surface area contributed by atoms with Crippen LogP contribution in [0, 0.1) is 0 Å². The van der Waals surface area contributed by atoms with Gasteiger partial charge in [-0.2, -0.15) is 0 Å². The molecule has 0 aliphatic carbocycles. The Morgan fingerprint density at radius 2 is 1.70 bits per heavy atom. The van der Waals surface area contributed by atoms with Crippen molar-refractivity contribution < 1.29 is 23.9 Å². The molecule has 2 rings (SSSR count). The van der Waals surface area contributed by atoms with Gasteiger partial charge >= 0.3 is 5.97 Å². The Balaban J connectivity index is 1.88. The molecule has 0 spiro atoms. The van der Waals surface area contributed by atoms with E-state index in [9.17, 15) is 14.4 Å². The molecule has 1 amide bonds. The van der Waals surface area contributed by atoms with E-state index >= 15 is 0 Å². The number of amides is 1. The molecule has 6 heteroatoms. The number of carbonyl (C=O) groups excluding carboxylic acids is 3. The van der Waals surface area contributed by atoms with Gasteiger partial charge in [0.1, 0.15) is 12.3 Å². The predicted octanol–water partition coefficient (Wildman–Crippen LogP) is 2.80. The van der Waals surface area contributed by atoms with Crippen molar-refractivity contribution in [2.75, 3.05) is 13.7 Å². The van der Waals surface area contributed by atoms with E-state index in [0.717, 1.165) is 12.0 Å². The molecule has 6 nitrogen and oxygen atoms in total. The minimum atomic E-state index is -0.937. The van der Waals surface area contributed by atoms with Gasteiger partial charge in [0, 0.05) is 5.56 Å². The molecular formula is C21H23NO5. The molecule has 0 radical (unpaired) electrons. The lowest BCUT2D eigenvalue weighted by Crippen LogP contribution is -2.34. The Morgan fingerprint density at radius 3 is 2.33 bits per heavy atom. The van der Waals surface area contributed by atoms with Gasteiger partial charge in [0.25, 0.3) is 5.91 Å². The zero-order valence-electron chi connectivity index (χ0n) is 15.7. The van der Waals surface area contributed by atoms with Gasteiger partial charge in [-0.05, 0) is 31.0 Å². The summed E-state index contributed by atoms with van der Waals surface area (Å²) >= 11 is 0. The van der Waals surface area contributed by atoms with Crippen LogP contribution < -0.4 is 10.1 Å². The summed E-state index contributed by atoms with van der Waals surface area (Å²) in [5.74, 6) is -1.03. The first-order chi connectivity index (χ1) is 13.0. The Bertz CT molecular complexity index is 814. The summed E-state index contributed by atoms with van der Waals surface area (Å²) in [5.41, 5.74) is 1.91. The van der Waals surface area contributed by atoms with Gasteiger partial charge in [-0.3, -0.25) is 14.4 Å². The quantitative estimate of drug-likeness (QED) is 0.572. The van der Waals surface area contributed by atoms with Gasteiger partial charge in [0.15, 0.2) is 6.10 Å². The van der Waals surface area contributed by atoms with Gasteiger partial charge in [-0.1, -0.05) is 43.3 Å². The standard InChI is InChI=1S/C21H23NO5/c1-4-15-9-11-16(12-10-15)20(24)14(2)27-19(23)13-22-21(25)17-7-5-6-8-18(17)26-3/h5-12,14H,4,13H2,1-3H3,(H,22,25). The summed E-state index contributed by atoms with van der Waals surface area (Å²) in [6, 6.07) is 13.8. The molecule has 0 aliphatic heterocycles. The summed E-state index contributed by atoms with van der Waals surface area (Å²) in [5, 5.41) is 2.47. The number of nitrogens with one attached hydrogen (secondary N) is 1. The van der Waals surface area contributed by atoms with Gasteiger partial charge in [0.05, 0.1) is 12.7 Å². The van der Waals surface area contributed by atoms with E-state index in [1.807, 2.05) is 19.1 Å².